The molecule has 5 rings (SSSR count). The third kappa shape index (κ3) is 4.15. The second-order valence-corrected chi connectivity index (χ2v) is 8.73. The number of para-hydroxylation sites is 3. The number of fused-ring (bicyclic) bond motifs is 2. The number of carboxylic acid groups (broad SMARTS) is 1. The Morgan fingerprint density at radius 2 is 1.82 bits per heavy atom. The standard InChI is InChI=1S/C26H20FN3O2S/c1-16-20(14-24(25(31)32)33-26-28-21-7-3-4-8-22(21)29-26)19-6-2-5-9-23(19)30(16)15-17-10-12-18(27)13-11-17/h2-14H,15H2,1H3,(H,28,29)(H,31,32)/b24-14-. The number of halogens is 1. The van der Waals surface area contributed by atoms with Crippen LogP contribution in [0, 0.1) is 12.7 Å². The molecule has 0 aliphatic heterocycles. The molecule has 2 aromatic heterocycles. The van der Waals surface area contributed by atoms with E-state index in [0.29, 0.717) is 11.7 Å². The number of nitrogens with zero attached hydrogens (tertiary/aromatic N) is 2. The van der Waals surface area contributed by atoms with Gasteiger partial charge in [-0.2, -0.15) is 0 Å². The normalized spacial score (nSPS) is 12.0. The summed E-state index contributed by atoms with van der Waals surface area (Å²) in [5.74, 6) is -1.29. The lowest BCUT2D eigenvalue weighted by atomic mass is 10.1. The zero-order valence-electron chi connectivity index (χ0n) is 17.7. The van der Waals surface area contributed by atoms with Crippen molar-refractivity contribution in [1.29, 1.82) is 0 Å². The van der Waals surface area contributed by atoms with Crippen LogP contribution in [0.4, 0.5) is 4.39 Å². The zero-order valence-corrected chi connectivity index (χ0v) is 18.6. The number of imidazole rings is 1. The largest absolute Gasteiger partial charge is 0.477 e. The van der Waals surface area contributed by atoms with E-state index in [-0.39, 0.29) is 10.7 Å². The third-order valence-corrected chi connectivity index (χ3v) is 6.49. The summed E-state index contributed by atoms with van der Waals surface area (Å²) in [5, 5.41) is 11.4. The molecule has 5 aromatic rings. The van der Waals surface area contributed by atoms with Crippen molar-refractivity contribution in [2.45, 2.75) is 18.6 Å². The fourth-order valence-corrected chi connectivity index (χ4v) is 4.74. The van der Waals surface area contributed by atoms with Gasteiger partial charge in [0.25, 0.3) is 0 Å². The Bertz CT molecular complexity index is 1480. The van der Waals surface area contributed by atoms with Crippen LogP contribution in [-0.4, -0.2) is 25.6 Å². The van der Waals surface area contributed by atoms with Crippen molar-refractivity contribution in [1.82, 2.24) is 14.5 Å². The molecule has 33 heavy (non-hydrogen) atoms. The van der Waals surface area contributed by atoms with Gasteiger partial charge in [-0.3, -0.25) is 0 Å². The quantitative estimate of drug-likeness (QED) is 0.234. The number of hydrogen-bond acceptors (Lipinski definition) is 3. The van der Waals surface area contributed by atoms with Crippen LogP contribution in [0.5, 0.6) is 0 Å². The third-order valence-electron chi connectivity index (χ3n) is 5.59. The van der Waals surface area contributed by atoms with E-state index >= 15 is 0 Å². The molecule has 0 spiro atoms. The first-order valence-electron chi connectivity index (χ1n) is 10.4. The van der Waals surface area contributed by atoms with Gasteiger partial charge in [-0.25, -0.2) is 14.2 Å². The number of H-pyrrole nitrogens is 1. The van der Waals surface area contributed by atoms with E-state index < -0.39 is 5.97 Å². The second kappa shape index (κ2) is 8.60. The minimum absolute atomic E-state index is 0.168. The van der Waals surface area contributed by atoms with Gasteiger partial charge in [0.1, 0.15) is 10.7 Å². The van der Waals surface area contributed by atoms with Gasteiger partial charge in [0.05, 0.1) is 11.0 Å². The summed E-state index contributed by atoms with van der Waals surface area (Å²) >= 11 is 1.09. The number of aliphatic carboxylic acids is 1. The highest BCUT2D eigenvalue weighted by atomic mass is 32.2. The topological polar surface area (TPSA) is 70.9 Å². The lowest BCUT2D eigenvalue weighted by molar-refractivity contribution is -0.131. The molecule has 7 heteroatoms. The lowest BCUT2D eigenvalue weighted by Gasteiger charge is -2.09. The zero-order chi connectivity index (χ0) is 22.9. The first kappa shape index (κ1) is 21.0. The van der Waals surface area contributed by atoms with Crippen molar-refractivity contribution in [3.8, 4) is 0 Å². The second-order valence-electron chi connectivity index (χ2n) is 7.70. The van der Waals surface area contributed by atoms with Crippen LogP contribution in [0.3, 0.4) is 0 Å². The lowest BCUT2D eigenvalue weighted by Crippen LogP contribution is -2.02. The van der Waals surface area contributed by atoms with Gasteiger partial charge in [0.2, 0.25) is 0 Å². The molecule has 0 amide bonds. The number of carboxylic acids is 1. The molecule has 0 unspecified atom stereocenters. The van der Waals surface area contributed by atoms with E-state index in [0.717, 1.165) is 50.5 Å². The molecule has 0 aliphatic carbocycles. The molecule has 0 saturated heterocycles. The molecule has 0 radical (unpaired) electrons. The van der Waals surface area contributed by atoms with Crippen LogP contribution >= 0.6 is 11.8 Å². The van der Waals surface area contributed by atoms with Crippen LogP contribution < -0.4 is 0 Å². The summed E-state index contributed by atoms with van der Waals surface area (Å²) in [6.07, 6.45) is 1.71. The molecular formula is C26H20FN3O2S. The van der Waals surface area contributed by atoms with E-state index in [1.807, 2.05) is 55.5 Å². The van der Waals surface area contributed by atoms with Gasteiger partial charge >= 0.3 is 5.97 Å². The molecule has 164 valence electrons. The minimum atomic E-state index is -1.02. The summed E-state index contributed by atoms with van der Waals surface area (Å²) < 4.78 is 15.5. The average molecular weight is 458 g/mol. The fourth-order valence-electron chi connectivity index (χ4n) is 3.96. The van der Waals surface area contributed by atoms with Crippen molar-refractivity contribution >= 4 is 45.7 Å². The number of nitrogens with one attached hydrogen (secondary N) is 1. The summed E-state index contributed by atoms with van der Waals surface area (Å²) in [6.45, 7) is 2.53. The van der Waals surface area contributed by atoms with Crippen LogP contribution in [0.25, 0.3) is 28.0 Å². The van der Waals surface area contributed by atoms with E-state index in [2.05, 4.69) is 14.5 Å². The monoisotopic (exact) mass is 457 g/mol. The SMILES string of the molecule is Cc1c(/C=C(\Sc2nc3ccccc3[nH]2)C(=O)O)c2ccccc2n1Cc1ccc(F)cc1. The predicted octanol–water partition coefficient (Wildman–Crippen LogP) is 6.23. The maximum absolute atomic E-state index is 13.3. The first-order valence-corrected chi connectivity index (χ1v) is 11.2. The molecule has 2 heterocycles. The van der Waals surface area contributed by atoms with Gasteiger partial charge in [0.15, 0.2) is 5.16 Å². The van der Waals surface area contributed by atoms with Crippen molar-refractivity contribution in [3.63, 3.8) is 0 Å². The first-order chi connectivity index (χ1) is 16.0. The summed E-state index contributed by atoms with van der Waals surface area (Å²) in [4.78, 5) is 20.0. The number of hydrogen-bond donors (Lipinski definition) is 2. The Kier molecular flexibility index (Phi) is 5.48. The Morgan fingerprint density at radius 3 is 2.58 bits per heavy atom. The number of benzene rings is 3. The van der Waals surface area contributed by atoms with Gasteiger partial charge < -0.3 is 14.7 Å². The Morgan fingerprint density at radius 1 is 1.09 bits per heavy atom. The van der Waals surface area contributed by atoms with Gasteiger partial charge in [-0.15, -0.1) is 0 Å². The molecule has 0 fully saturated rings. The molecule has 0 bridgehead atoms. The van der Waals surface area contributed by atoms with E-state index in [1.165, 1.54) is 12.1 Å². The number of thioether (sulfide) groups is 1. The minimum Gasteiger partial charge on any atom is -0.477 e. The Labute approximate surface area is 193 Å². The molecule has 3 aromatic carbocycles. The fraction of sp³-hybridized carbons (Fsp3) is 0.0769. The highest BCUT2D eigenvalue weighted by Gasteiger charge is 2.18. The van der Waals surface area contributed by atoms with E-state index in [9.17, 15) is 14.3 Å². The predicted molar refractivity (Wildman–Crippen MR) is 130 cm³/mol. The number of carbonyl (C=O) groups is 1. The number of aromatic nitrogens is 3. The van der Waals surface area contributed by atoms with Crippen molar-refractivity contribution in [3.05, 3.63) is 100 Å². The molecule has 0 aliphatic rings. The number of aromatic amines is 1. The summed E-state index contributed by atoms with van der Waals surface area (Å²) in [5.41, 5.74) is 5.38. The average Bonchev–Trinajstić information content (AvgIpc) is 3.34. The maximum Gasteiger partial charge on any atom is 0.342 e. The van der Waals surface area contributed by atoms with Crippen LogP contribution in [0.15, 0.2) is 82.9 Å². The van der Waals surface area contributed by atoms with Gasteiger partial charge in [-0.1, -0.05) is 42.5 Å². The van der Waals surface area contributed by atoms with E-state index in [4.69, 9.17) is 0 Å². The Hall–Kier alpha value is -3.84. The van der Waals surface area contributed by atoms with Crippen molar-refractivity contribution in [2.75, 3.05) is 0 Å². The number of rotatable bonds is 6. The van der Waals surface area contributed by atoms with Gasteiger partial charge in [0, 0.05) is 28.7 Å². The van der Waals surface area contributed by atoms with Gasteiger partial charge in [-0.05, 0) is 60.7 Å². The van der Waals surface area contributed by atoms with Crippen LogP contribution in [-0.2, 0) is 11.3 Å². The van der Waals surface area contributed by atoms with Crippen molar-refractivity contribution in [2.24, 2.45) is 0 Å². The van der Waals surface area contributed by atoms with Crippen molar-refractivity contribution < 1.29 is 14.3 Å². The molecular weight excluding hydrogens is 437 g/mol. The summed E-state index contributed by atoms with van der Waals surface area (Å²) in [7, 11) is 0. The highest BCUT2D eigenvalue weighted by molar-refractivity contribution is 8.04. The maximum atomic E-state index is 13.3. The smallest absolute Gasteiger partial charge is 0.342 e. The summed E-state index contributed by atoms with van der Waals surface area (Å²) in [6, 6.07) is 21.9. The highest BCUT2D eigenvalue weighted by Crippen LogP contribution is 2.33. The molecule has 0 atom stereocenters. The van der Waals surface area contributed by atoms with Crippen LogP contribution in [0.2, 0.25) is 0 Å². The Balaban J connectivity index is 1.57. The molecule has 5 nitrogen and oxygen atoms in total. The van der Waals surface area contributed by atoms with Crippen LogP contribution in [0.1, 0.15) is 16.8 Å². The molecule has 0 saturated carbocycles. The van der Waals surface area contributed by atoms with E-state index in [1.54, 1.807) is 18.2 Å². The molecule has 2 N–H and O–H groups in total.